The van der Waals surface area contributed by atoms with Crippen LogP contribution < -0.4 is 0 Å². The first-order valence-corrected chi connectivity index (χ1v) is 16.6. The molecule has 7 rings (SSSR count). The number of rotatable bonds is 8. The van der Waals surface area contributed by atoms with Crippen molar-refractivity contribution in [1.29, 1.82) is 0 Å². The summed E-state index contributed by atoms with van der Waals surface area (Å²) in [6, 6.07) is 11.7. The van der Waals surface area contributed by atoms with E-state index in [0.717, 1.165) is 47.4 Å². The molecule has 0 spiro atoms. The van der Waals surface area contributed by atoms with E-state index in [-0.39, 0.29) is 35.9 Å². The van der Waals surface area contributed by atoms with Crippen LogP contribution in [0.3, 0.4) is 0 Å². The fourth-order valence-electron chi connectivity index (χ4n) is 6.96. The Balaban J connectivity index is 1.29. The summed E-state index contributed by atoms with van der Waals surface area (Å²) in [6.45, 7) is 1.78. The van der Waals surface area contributed by atoms with E-state index in [1.807, 2.05) is 12.1 Å². The Kier molecular flexibility index (Phi) is 7.28. The molecule has 2 aromatic carbocycles. The zero-order valence-corrected chi connectivity index (χ0v) is 25.4. The molecule has 0 amide bonds. The normalized spacial score (nSPS) is 21.3. The van der Waals surface area contributed by atoms with Gasteiger partial charge in [-0.15, -0.1) is 0 Å². The molecule has 45 heavy (non-hydrogen) atoms. The van der Waals surface area contributed by atoms with E-state index in [2.05, 4.69) is 10.1 Å². The molecule has 3 aliphatic rings. The minimum atomic E-state index is -4.22. The van der Waals surface area contributed by atoms with Crippen molar-refractivity contribution in [2.45, 2.75) is 62.3 Å². The number of sulfonamides is 1. The highest BCUT2D eigenvalue weighted by atomic mass is 32.2. The largest absolute Gasteiger partial charge is 0.291 e. The number of hydrogen-bond acceptors (Lipinski definition) is 5. The van der Waals surface area contributed by atoms with Gasteiger partial charge in [0.2, 0.25) is 10.0 Å². The Morgan fingerprint density at radius 2 is 1.78 bits per heavy atom. The van der Waals surface area contributed by atoms with Crippen molar-refractivity contribution in [3.63, 3.8) is 0 Å². The average Bonchev–Trinajstić information content (AvgIpc) is 3.82. The fourth-order valence-corrected chi connectivity index (χ4v) is 8.63. The third-order valence-electron chi connectivity index (χ3n) is 9.43. The van der Waals surface area contributed by atoms with Crippen LogP contribution in [0.15, 0.2) is 77.5 Å². The number of aromatic nitrogens is 3. The molecule has 3 aliphatic carbocycles. The van der Waals surface area contributed by atoms with Crippen molar-refractivity contribution in [3.05, 3.63) is 113 Å². The quantitative estimate of drug-likeness (QED) is 0.204. The topological polar surface area (TPSA) is 85.2 Å². The first kappa shape index (κ1) is 29.6. The second kappa shape index (κ2) is 11.1. The molecule has 2 atom stereocenters. The third-order valence-corrected chi connectivity index (χ3v) is 11.4. The number of fused-ring (bicyclic) bond motifs is 2. The van der Waals surface area contributed by atoms with Crippen LogP contribution >= 0.6 is 0 Å². The Hall–Kier alpha value is -4.09. The van der Waals surface area contributed by atoms with E-state index < -0.39 is 33.1 Å². The van der Waals surface area contributed by atoms with Crippen LogP contribution in [0.5, 0.6) is 0 Å². The number of allylic oxidation sites excluding steroid dienone is 1. The number of nitrogens with zero attached hydrogens (tertiary/aromatic N) is 4. The van der Waals surface area contributed by atoms with Crippen molar-refractivity contribution >= 4 is 21.9 Å². The van der Waals surface area contributed by atoms with Gasteiger partial charge in [0.15, 0.2) is 17.4 Å². The summed E-state index contributed by atoms with van der Waals surface area (Å²) in [6.07, 6.45) is 8.94. The maximum absolute atomic E-state index is 14.6. The Morgan fingerprint density at radius 3 is 2.44 bits per heavy atom. The van der Waals surface area contributed by atoms with Crippen LogP contribution in [0.2, 0.25) is 0 Å². The van der Waals surface area contributed by atoms with E-state index in [4.69, 9.17) is 0 Å². The molecule has 0 unspecified atom stereocenters. The standard InChI is InChI=1S/C34H31F3N4O3S/c1-2-40(45(43,44)28-12-13-29(36)30(37)16-28)27-9-6-24-15-32-23(20-39-41(32)26-10-7-25(35)8-11-26)17-34(24,18-27)33(42)31-14-5-22(19-38-31)21-3-4-21/h5,7-8,10-16,19-21,27H,2-4,6,9,17-18H2,1H3/t27-,34-/m0/s1. The third kappa shape index (κ3) is 5.11. The maximum Gasteiger partial charge on any atom is 0.243 e. The second-order valence-corrected chi connectivity index (χ2v) is 14.0. The Morgan fingerprint density at radius 1 is 1.00 bits per heavy atom. The number of hydrogen-bond donors (Lipinski definition) is 0. The molecule has 0 bridgehead atoms. The number of halogens is 3. The molecular formula is C34H31F3N4O3S. The summed E-state index contributed by atoms with van der Waals surface area (Å²) in [5.74, 6) is -2.45. The summed E-state index contributed by atoms with van der Waals surface area (Å²) in [7, 11) is -4.22. The maximum atomic E-state index is 14.6. The molecule has 0 radical (unpaired) electrons. The predicted octanol–water partition coefficient (Wildman–Crippen LogP) is 6.63. The zero-order chi connectivity index (χ0) is 31.5. The van der Waals surface area contributed by atoms with Gasteiger partial charge in [-0.3, -0.25) is 9.78 Å². The lowest BCUT2D eigenvalue weighted by Gasteiger charge is -2.46. The highest BCUT2D eigenvalue weighted by molar-refractivity contribution is 7.89. The minimum absolute atomic E-state index is 0.0808. The van der Waals surface area contributed by atoms with Crippen molar-refractivity contribution in [2.24, 2.45) is 5.41 Å². The number of carbonyl (C=O) groups excluding carboxylic acids is 1. The van der Waals surface area contributed by atoms with Gasteiger partial charge in [0, 0.05) is 18.8 Å². The second-order valence-electron chi connectivity index (χ2n) is 12.1. The molecular weight excluding hydrogens is 601 g/mol. The SMILES string of the molecule is CCN([C@H]1CCC2=Cc3c(cnn3-c3ccc(F)cc3)C[C@]2(C(=O)c2ccc(C3CC3)cn2)C1)S(=O)(=O)c1ccc(F)c(F)c1. The molecule has 232 valence electrons. The predicted molar refractivity (Wildman–Crippen MR) is 162 cm³/mol. The highest BCUT2D eigenvalue weighted by Crippen LogP contribution is 2.51. The fraction of sp³-hybridized carbons (Fsp3) is 0.324. The van der Waals surface area contributed by atoms with Crippen molar-refractivity contribution < 1.29 is 26.4 Å². The van der Waals surface area contributed by atoms with Crippen LogP contribution in [-0.4, -0.2) is 45.9 Å². The van der Waals surface area contributed by atoms with Crippen LogP contribution in [-0.2, 0) is 16.4 Å². The lowest BCUT2D eigenvalue weighted by Crippen LogP contribution is -2.50. The van der Waals surface area contributed by atoms with Gasteiger partial charge < -0.3 is 0 Å². The molecule has 2 heterocycles. The molecule has 0 saturated heterocycles. The van der Waals surface area contributed by atoms with Crippen LogP contribution in [0.4, 0.5) is 13.2 Å². The zero-order valence-electron chi connectivity index (χ0n) is 24.6. The first-order valence-electron chi connectivity index (χ1n) is 15.1. The number of ketones is 1. The summed E-state index contributed by atoms with van der Waals surface area (Å²) in [4.78, 5) is 18.8. The van der Waals surface area contributed by atoms with E-state index >= 15 is 0 Å². The van der Waals surface area contributed by atoms with Gasteiger partial charge in [-0.05, 0) is 110 Å². The number of carbonyl (C=O) groups is 1. The van der Waals surface area contributed by atoms with Gasteiger partial charge in [-0.2, -0.15) is 9.40 Å². The molecule has 0 aliphatic heterocycles. The van der Waals surface area contributed by atoms with Gasteiger partial charge in [0.1, 0.15) is 11.5 Å². The van der Waals surface area contributed by atoms with Gasteiger partial charge in [-0.1, -0.05) is 18.6 Å². The molecule has 2 saturated carbocycles. The molecule has 0 N–H and O–H groups in total. The summed E-state index contributed by atoms with van der Waals surface area (Å²) in [5.41, 5.74) is 3.44. The summed E-state index contributed by atoms with van der Waals surface area (Å²) < 4.78 is 72.1. The number of benzene rings is 2. The lowest BCUT2D eigenvalue weighted by atomic mass is 9.60. The first-order chi connectivity index (χ1) is 21.6. The molecule has 2 fully saturated rings. The van der Waals surface area contributed by atoms with Gasteiger partial charge >= 0.3 is 0 Å². The highest BCUT2D eigenvalue weighted by Gasteiger charge is 2.51. The Labute approximate surface area is 259 Å². The van der Waals surface area contributed by atoms with Crippen LogP contribution in [0.25, 0.3) is 11.8 Å². The van der Waals surface area contributed by atoms with E-state index in [1.54, 1.807) is 42.2 Å². The van der Waals surface area contributed by atoms with E-state index in [9.17, 15) is 26.4 Å². The molecule has 7 nitrogen and oxygen atoms in total. The van der Waals surface area contributed by atoms with Gasteiger partial charge in [0.05, 0.1) is 27.9 Å². The number of Topliss-reactive ketones (excluding diaryl/α,β-unsaturated/α-hetero) is 1. The van der Waals surface area contributed by atoms with E-state index in [1.165, 1.54) is 16.4 Å². The van der Waals surface area contributed by atoms with Crippen molar-refractivity contribution in [2.75, 3.05) is 6.54 Å². The summed E-state index contributed by atoms with van der Waals surface area (Å²) >= 11 is 0. The van der Waals surface area contributed by atoms with Crippen LogP contribution in [0.1, 0.15) is 72.3 Å². The smallest absolute Gasteiger partial charge is 0.243 e. The lowest BCUT2D eigenvalue weighted by molar-refractivity contribution is 0.0739. The van der Waals surface area contributed by atoms with Gasteiger partial charge in [-0.25, -0.2) is 26.3 Å². The number of pyridine rings is 1. The monoisotopic (exact) mass is 632 g/mol. The van der Waals surface area contributed by atoms with Crippen LogP contribution in [0, 0.1) is 22.9 Å². The average molecular weight is 633 g/mol. The van der Waals surface area contributed by atoms with E-state index in [0.29, 0.717) is 36.2 Å². The van der Waals surface area contributed by atoms with Crippen molar-refractivity contribution in [1.82, 2.24) is 19.1 Å². The molecule has 2 aromatic heterocycles. The summed E-state index contributed by atoms with van der Waals surface area (Å²) in [5, 5.41) is 4.57. The minimum Gasteiger partial charge on any atom is -0.291 e. The van der Waals surface area contributed by atoms with Gasteiger partial charge in [0.25, 0.3) is 0 Å². The molecule has 11 heteroatoms. The Bertz CT molecular complexity index is 1940. The van der Waals surface area contributed by atoms with Crippen molar-refractivity contribution in [3.8, 4) is 5.69 Å². The molecule has 4 aromatic rings.